The largest absolute Gasteiger partial charge is 0.481 e. The van der Waals surface area contributed by atoms with Gasteiger partial charge in [-0.3, -0.25) is 4.79 Å². The summed E-state index contributed by atoms with van der Waals surface area (Å²) in [6.45, 7) is 4.92. The molecule has 0 aromatic carbocycles. The van der Waals surface area contributed by atoms with Crippen molar-refractivity contribution in [3.8, 4) is 0 Å². The van der Waals surface area contributed by atoms with E-state index in [0.717, 1.165) is 0 Å². The standard InChI is InChI=1S/C7H14O3/c1-4(6(3)8)5(2)7(9)10/h4-6,8H,1-3H3,(H,9,10)/t4?,5?,6-/m1/s1. The van der Waals surface area contributed by atoms with Gasteiger partial charge in [0.2, 0.25) is 0 Å². The molecule has 0 aliphatic heterocycles. The van der Waals surface area contributed by atoms with E-state index in [0.29, 0.717) is 0 Å². The van der Waals surface area contributed by atoms with E-state index < -0.39 is 18.0 Å². The van der Waals surface area contributed by atoms with Crippen molar-refractivity contribution in [2.24, 2.45) is 11.8 Å². The monoisotopic (exact) mass is 146 g/mol. The molecule has 0 amide bonds. The van der Waals surface area contributed by atoms with E-state index in [4.69, 9.17) is 10.2 Å². The van der Waals surface area contributed by atoms with Gasteiger partial charge in [0.1, 0.15) is 0 Å². The van der Waals surface area contributed by atoms with Crippen molar-refractivity contribution in [3.63, 3.8) is 0 Å². The third kappa shape index (κ3) is 2.35. The van der Waals surface area contributed by atoms with Crippen LogP contribution in [0.15, 0.2) is 0 Å². The first-order valence-electron chi connectivity index (χ1n) is 3.37. The second-order valence-corrected chi connectivity index (χ2v) is 2.73. The molecular weight excluding hydrogens is 132 g/mol. The maximum absolute atomic E-state index is 10.3. The fraction of sp³-hybridized carbons (Fsp3) is 0.857. The molecule has 2 N–H and O–H groups in total. The van der Waals surface area contributed by atoms with Crippen molar-refractivity contribution in [1.29, 1.82) is 0 Å². The summed E-state index contributed by atoms with van der Waals surface area (Å²) in [4.78, 5) is 10.3. The van der Waals surface area contributed by atoms with Crippen LogP contribution in [0.3, 0.4) is 0 Å². The molecule has 3 nitrogen and oxygen atoms in total. The average molecular weight is 146 g/mol. The van der Waals surface area contributed by atoms with Crippen molar-refractivity contribution in [3.05, 3.63) is 0 Å². The Kier molecular flexibility index (Phi) is 3.36. The van der Waals surface area contributed by atoms with Gasteiger partial charge in [-0.2, -0.15) is 0 Å². The Labute approximate surface area is 60.7 Å². The van der Waals surface area contributed by atoms with E-state index in [1.165, 1.54) is 0 Å². The van der Waals surface area contributed by atoms with Crippen molar-refractivity contribution >= 4 is 5.97 Å². The second-order valence-electron chi connectivity index (χ2n) is 2.73. The molecule has 60 valence electrons. The first-order chi connectivity index (χ1) is 4.46. The molecule has 0 aliphatic rings. The van der Waals surface area contributed by atoms with Crippen LogP contribution < -0.4 is 0 Å². The zero-order chi connectivity index (χ0) is 8.31. The minimum atomic E-state index is -0.853. The molecule has 0 rings (SSSR count). The Bertz CT molecular complexity index is 120. The summed E-state index contributed by atoms with van der Waals surface area (Å²) in [5, 5.41) is 17.5. The topological polar surface area (TPSA) is 57.5 Å². The van der Waals surface area contributed by atoms with Gasteiger partial charge in [0.15, 0.2) is 0 Å². The fourth-order valence-electron chi connectivity index (χ4n) is 0.643. The normalized spacial score (nSPS) is 19.6. The lowest BCUT2D eigenvalue weighted by Crippen LogP contribution is -2.26. The Morgan fingerprint density at radius 2 is 1.70 bits per heavy atom. The molecule has 0 fully saturated rings. The molecule has 0 bridgehead atoms. The molecule has 0 saturated carbocycles. The number of hydrogen-bond acceptors (Lipinski definition) is 2. The number of hydrogen-bond donors (Lipinski definition) is 2. The molecule has 10 heavy (non-hydrogen) atoms. The van der Waals surface area contributed by atoms with Crippen LogP contribution in [0.5, 0.6) is 0 Å². The van der Waals surface area contributed by atoms with Crippen LogP contribution in [-0.4, -0.2) is 22.3 Å². The summed E-state index contributed by atoms with van der Waals surface area (Å²) in [5.74, 6) is -1.51. The van der Waals surface area contributed by atoms with Gasteiger partial charge >= 0.3 is 5.97 Å². The third-order valence-electron chi connectivity index (χ3n) is 1.94. The van der Waals surface area contributed by atoms with Crippen LogP contribution >= 0.6 is 0 Å². The van der Waals surface area contributed by atoms with Crippen molar-refractivity contribution in [2.75, 3.05) is 0 Å². The molecular formula is C7H14O3. The number of aliphatic hydroxyl groups is 1. The summed E-state index contributed by atoms with van der Waals surface area (Å²) < 4.78 is 0. The first-order valence-corrected chi connectivity index (χ1v) is 3.37. The average Bonchev–Trinajstić information content (AvgIpc) is 1.84. The minimum absolute atomic E-state index is 0.183. The van der Waals surface area contributed by atoms with Crippen molar-refractivity contribution < 1.29 is 15.0 Å². The fourth-order valence-corrected chi connectivity index (χ4v) is 0.643. The Morgan fingerprint density at radius 1 is 1.30 bits per heavy atom. The highest BCUT2D eigenvalue weighted by Crippen LogP contribution is 2.14. The highest BCUT2D eigenvalue weighted by Gasteiger charge is 2.22. The summed E-state index contributed by atoms with van der Waals surface area (Å²) in [6.07, 6.45) is -0.550. The SMILES string of the molecule is CC(C(=O)O)C(C)[C@@H](C)O. The van der Waals surface area contributed by atoms with Crippen LogP contribution in [0.2, 0.25) is 0 Å². The molecule has 0 spiro atoms. The molecule has 0 aromatic rings. The van der Waals surface area contributed by atoms with E-state index >= 15 is 0 Å². The number of aliphatic hydroxyl groups excluding tert-OH is 1. The lowest BCUT2D eigenvalue weighted by Gasteiger charge is -2.18. The highest BCUT2D eigenvalue weighted by atomic mass is 16.4. The highest BCUT2D eigenvalue weighted by molar-refractivity contribution is 5.69. The molecule has 0 heterocycles. The number of carboxylic acids is 1. The first kappa shape index (κ1) is 9.43. The van der Waals surface area contributed by atoms with Gasteiger partial charge in [-0.25, -0.2) is 0 Å². The number of rotatable bonds is 3. The van der Waals surface area contributed by atoms with E-state index in [1.54, 1.807) is 20.8 Å². The van der Waals surface area contributed by atoms with Crippen molar-refractivity contribution in [2.45, 2.75) is 26.9 Å². The van der Waals surface area contributed by atoms with Gasteiger partial charge in [-0.15, -0.1) is 0 Å². The van der Waals surface area contributed by atoms with Gasteiger partial charge in [0.05, 0.1) is 12.0 Å². The Morgan fingerprint density at radius 3 is 1.80 bits per heavy atom. The van der Waals surface area contributed by atoms with Crippen LogP contribution in [0.1, 0.15) is 20.8 Å². The molecule has 0 radical (unpaired) electrons. The molecule has 0 saturated heterocycles. The molecule has 0 aliphatic carbocycles. The zero-order valence-electron chi connectivity index (χ0n) is 6.53. The smallest absolute Gasteiger partial charge is 0.306 e. The van der Waals surface area contributed by atoms with Crippen molar-refractivity contribution in [1.82, 2.24) is 0 Å². The van der Waals surface area contributed by atoms with Gasteiger partial charge in [-0.05, 0) is 12.8 Å². The predicted octanol–water partition coefficient (Wildman–Crippen LogP) is 0.724. The maximum atomic E-state index is 10.3. The van der Waals surface area contributed by atoms with Crippen LogP contribution in [0, 0.1) is 11.8 Å². The molecule has 3 heteroatoms. The van der Waals surface area contributed by atoms with E-state index in [-0.39, 0.29) is 5.92 Å². The van der Waals surface area contributed by atoms with Crippen LogP contribution in [0.25, 0.3) is 0 Å². The predicted molar refractivity (Wildman–Crippen MR) is 37.6 cm³/mol. The Hall–Kier alpha value is -0.570. The summed E-state index contributed by atoms with van der Waals surface area (Å²) >= 11 is 0. The quantitative estimate of drug-likeness (QED) is 0.617. The maximum Gasteiger partial charge on any atom is 0.306 e. The van der Waals surface area contributed by atoms with Gasteiger partial charge in [0.25, 0.3) is 0 Å². The van der Waals surface area contributed by atoms with E-state index in [2.05, 4.69) is 0 Å². The van der Waals surface area contributed by atoms with Crippen LogP contribution in [0.4, 0.5) is 0 Å². The lowest BCUT2D eigenvalue weighted by molar-refractivity contribution is -0.144. The van der Waals surface area contributed by atoms with E-state index in [9.17, 15) is 4.79 Å². The van der Waals surface area contributed by atoms with Crippen LogP contribution in [-0.2, 0) is 4.79 Å². The van der Waals surface area contributed by atoms with Gasteiger partial charge in [0, 0.05) is 0 Å². The lowest BCUT2D eigenvalue weighted by atomic mass is 9.92. The van der Waals surface area contributed by atoms with E-state index in [1.807, 2.05) is 0 Å². The Balaban J connectivity index is 3.94. The second kappa shape index (κ2) is 3.56. The molecule has 2 unspecified atom stereocenters. The number of aliphatic carboxylic acids is 1. The minimum Gasteiger partial charge on any atom is -0.481 e. The number of carbonyl (C=O) groups is 1. The van der Waals surface area contributed by atoms with Gasteiger partial charge < -0.3 is 10.2 Å². The zero-order valence-corrected chi connectivity index (χ0v) is 6.53. The van der Waals surface area contributed by atoms with Gasteiger partial charge in [-0.1, -0.05) is 13.8 Å². The summed E-state index contributed by atoms with van der Waals surface area (Å²) in [5.41, 5.74) is 0. The summed E-state index contributed by atoms with van der Waals surface area (Å²) in [7, 11) is 0. The molecule has 0 aromatic heterocycles. The molecule has 3 atom stereocenters. The number of carboxylic acid groups (broad SMARTS) is 1. The third-order valence-corrected chi connectivity index (χ3v) is 1.94. The summed E-state index contributed by atoms with van der Waals surface area (Å²) in [6, 6.07) is 0.